The molecule has 1 fully saturated rings. The molecule has 0 saturated carbocycles. The van der Waals surface area contributed by atoms with Crippen LogP contribution in [0.4, 0.5) is 4.79 Å². The number of hydrogen-bond donors (Lipinski definition) is 3. The molecule has 6 heteroatoms. The summed E-state index contributed by atoms with van der Waals surface area (Å²) in [4.78, 5) is 24.8. The van der Waals surface area contributed by atoms with Crippen molar-refractivity contribution < 1.29 is 14.7 Å². The van der Waals surface area contributed by atoms with Gasteiger partial charge < -0.3 is 20.6 Å². The number of carbonyl (C=O) groups excluding carboxylic acids is 1. The number of piperidine rings is 1. The van der Waals surface area contributed by atoms with Crippen LogP contribution in [-0.2, 0) is 4.79 Å². The highest BCUT2D eigenvalue weighted by Gasteiger charge is 2.25. The Balaban J connectivity index is 2.46. The van der Waals surface area contributed by atoms with Gasteiger partial charge in [0.2, 0.25) is 0 Å². The number of carbonyl (C=O) groups is 2. The van der Waals surface area contributed by atoms with Gasteiger partial charge in [0.05, 0.1) is 5.92 Å². The van der Waals surface area contributed by atoms with Crippen molar-refractivity contribution >= 4 is 12.0 Å². The molecule has 1 unspecified atom stereocenters. The Morgan fingerprint density at radius 1 is 1.37 bits per heavy atom. The molecule has 19 heavy (non-hydrogen) atoms. The van der Waals surface area contributed by atoms with Crippen molar-refractivity contribution in [3.05, 3.63) is 0 Å². The van der Waals surface area contributed by atoms with E-state index in [1.54, 1.807) is 0 Å². The number of nitrogens with zero attached hydrogens (tertiary/aromatic N) is 1. The molecule has 1 atom stereocenters. The topological polar surface area (TPSA) is 81.7 Å². The third kappa shape index (κ3) is 4.70. The van der Waals surface area contributed by atoms with Gasteiger partial charge in [0, 0.05) is 19.1 Å². The fourth-order valence-electron chi connectivity index (χ4n) is 2.40. The maximum absolute atomic E-state index is 12.1. The van der Waals surface area contributed by atoms with Crippen LogP contribution in [0.15, 0.2) is 0 Å². The number of aliphatic carboxylic acids is 1. The van der Waals surface area contributed by atoms with E-state index in [1.807, 2.05) is 18.7 Å². The molecule has 1 heterocycles. The highest BCUT2D eigenvalue weighted by molar-refractivity contribution is 5.76. The standard InChI is InChI=1S/C13H25N3O3/c1-3-10(12(17)18)9-15-13(19)16(4-2)11-5-7-14-8-6-11/h10-11,14H,3-9H2,1-2H3,(H,15,19)(H,17,18). The van der Waals surface area contributed by atoms with Crippen LogP contribution in [0.25, 0.3) is 0 Å². The Morgan fingerprint density at radius 2 is 2.00 bits per heavy atom. The van der Waals surface area contributed by atoms with Gasteiger partial charge in [-0.05, 0) is 39.3 Å². The summed E-state index contributed by atoms with van der Waals surface area (Å²) in [6.07, 6.45) is 2.43. The van der Waals surface area contributed by atoms with E-state index >= 15 is 0 Å². The van der Waals surface area contributed by atoms with Crippen molar-refractivity contribution in [3.8, 4) is 0 Å². The molecule has 0 aromatic carbocycles. The van der Waals surface area contributed by atoms with Gasteiger partial charge in [0.15, 0.2) is 0 Å². The first-order valence-electron chi connectivity index (χ1n) is 7.08. The summed E-state index contributed by atoms with van der Waals surface area (Å²) in [6.45, 7) is 6.49. The fourth-order valence-corrected chi connectivity index (χ4v) is 2.40. The smallest absolute Gasteiger partial charge is 0.317 e. The Labute approximate surface area is 114 Å². The molecule has 0 aromatic rings. The Bertz CT molecular complexity index is 304. The van der Waals surface area contributed by atoms with Crippen LogP contribution in [0.5, 0.6) is 0 Å². The van der Waals surface area contributed by atoms with E-state index in [-0.39, 0.29) is 18.6 Å². The van der Waals surface area contributed by atoms with Crippen LogP contribution in [0, 0.1) is 5.92 Å². The maximum atomic E-state index is 12.1. The van der Waals surface area contributed by atoms with Crippen LogP contribution >= 0.6 is 0 Å². The predicted molar refractivity (Wildman–Crippen MR) is 73.1 cm³/mol. The van der Waals surface area contributed by atoms with E-state index in [9.17, 15) is 9.59 Å². The van der Waals surface area contributed by atoms with E-state index in [0.29, 0.717) is 13.0 Å². The quantitative estimate of drug-likeness (QED) is 0.670. The molecule has 1 rings (SSSR count). The Hall–Kier alpha value is -1.30. The SMILES string of the molecule is CCC(CNC(=O)N(CC)C1CCNCC1)C(=O)O. The van der Waals surface area contributed by atoms with Crippen LogP contribution in [-0.4, -0.2) is 54.2 Å². The first-order chi connectivity index (χ1) is 9.10. The lowest BCUT2D eigenvalue weighted by Crippen LogP contribution is -2.50. The predicted octanol–water partition coefficient (Wildman–Crippen LogP) is 0.881. The molecule has 2 amide bonds. The highest BCUT2D eigenvalue weighted by atomic mass is 16.4. The number of hydrogen-bond acceptors (Lipinski definition) is 3. The lowest BCUT2D eigenvalue weighted by atomic mass is 10.1. The number of amides is 2. The van der Waals surface area contributed by atoms with Gasteiger partial charge in [0.1, 0.15) is 0 Å². The molecule has 0 radical (unpaired) electrons. The van der Waals surface area contributed by atoms with Gasteiger partial charge in [-0.25, -0.2) is 4.79 Å². The lowest BCUT2D eigenvalue weighted by Gasteiger charge is -2.34. The molecule has 3 N–H and O–H groups in total. The molecule has 1 aliphatic heterocycles. The van der Waals surface area contributed by atoms with Crippen molar-refractivity contribution in [1.82, 2.24) is 15.5 Å². The second-order valence-electron chi connectivity index (χ2n) is 4.90. The minimum Gasteiger partial charge on any atom is -0.481 e. The fraction of sp³-hybridized carbons (Fsp3) is 0.846. The monoisotopic (exact) mass is 271 g/mol. The average molecular weight is 271 g/mol. The summed E-state index contributed by atoms with van der Waals surface area (Å²) in [5.74, 6) is -1.36. The van der Waals surface area contributed by atoms with Crippen molar-refractivity contribution in [2.24, 2.45) is 5.92 Å². The first kappa shape index (κ1) is 15.8. The van der Waals surface area contributed by atoms with Crippen LogP contribution < -0.4 is 10.6 Å². The summed E-state index contributed by atoms with van der Waals surface area (Å²) >= 11 is 0. The molecule has 1 saturated heterocycles. The van der Waals surface area contributed by atoms with E-state index in [1.165, 1.54) is 0 Å². The second-order valence-corrected chi connectivity index (χ2v) is 4.90. The molecule has 6 nitrogen and oxygen atoms in total. The highest BCUT2D eigenvalue weighted by Crippen LogP contribution is 2.12. The molecule has 0 aliphatic carbocycles. The second kappa shape index (κ2) is 7.99. The third-order valence-electron chi connectivity index (χ3n) is 3.69. The van der Waals surface area contributed by atoms with Crippen LogP contribution in [0.2, 0.25) is 0 Å². The minimum absolute atomic E-state index is 0.144. The van der Waals surface area contributed by atoms with Crippen LogP contribution in [0.1, 0.15) is 33.1 Å². The molecule has 0 spiro atoms. The van der Waals surface area contributed by atoms with Gasteiger partial charge in [-0.15, -0.1) is 0 Å². The number of rotatable bonds is 6. The van der Waals surface area contributed by atoms with Gasteiger partial charge in [0.25, 0.3) is 0 Å². The number of nitrogens with one attached hydrogen (secondary N) is 2. The van der Waals surface area contributed by atoms with E-state index < -0.39 is 11.9 Å². The third-order valence-corrected chi connectivity index (χ3v) is 3.69. The molecule has 0 bridgehead atoms. The molecular weight excluding hydrogens is 246 g/mol. The average Bonchev–Trinajstić information content (AvgIpc) is 2.41. The van der Waals surface area contributed by atoms with Gasteiger partial charge in [-0.1, -0.05) is 6.92 Å². The Kier molecular flexibility index (Phi) is 6.62. The molecule has 110 valence electrons. The molecular formula is C13H25N3O3. The number of urea groups is 1. The summed E-state index contributed by atoms with van der Waals surface area (Å²) in [5, 5.41) is 15.0. The number of carboxylic acid groups (broad SMARTS) is 1. The first-order valence-corrected chi connectivity index (χ1v) is 7.08. The Morgan fingerprint density at radius 3 is 2.47 bits per heavy atom. The van der Waals surface area contributed by atoms with Gasteiger partial charge in [-0.3, -0.25) is 4.79 Å². The van der Waals surface area contributed by atoms with E-state index in [2.05, 4.69) is 10.6 Å². The summed E-state index contributed by atoms with van der Waals surface area (Å²) in [6, 6.07) is 0.116. The lowest BCUT2D eigenvalue weighted by molar-refractivity contribution is -0.141. The molecule has 0 aromatic heterocycles. The number of carboxylic acids is 1. The van der Waals surface area contributed by atoms with E-state index in [4.69, 9.17) is 5.11 Å². The zero-order valence-electron chi connectivity index (χ0n) is 11.8. The normalized spacial score (nSPS) is 17.8. The zero-order valence-corrected chi connectivity index (χ0v) is 11.8. The van der Waals surface area contributed by atoms with Gasteiger partial charge >= 0.3 is 12.0 Å². The largest absolute Gasteiger partial charge is 0.481 e. The van der Waals surface area contributed by atoms with Crippen molar-refractivity contribution in [1.29, 1.82) is 0 Å². The van der Waals surface area contributed by atoms with Crippen molar-refractivity contribution in [2.75, 3.05) is 26.2 Å². The van der Waals surface area contributed by atoms with Crippen LogP contribution in [0.3, 0.4) is 0 Å². The summed E-state index contributed by atoms with van der Waals surface area (Å²) < 4.78 is 0. The van der Waals surface area contributed by atoms with E-state index in [0.717, 1.165) is 25.9 Å². The maximum Gasteiger partial charge on any atom is 0.317 e. The minimum atomic E-state index is -0.854. The molecule has 1 aliphatic rings. The zero-order chi connectivity index (χ0) is 14.3. The van der Waals surface area contributed by atoms with Gasteiger partial charge in [-0.2, -0.15) is 0 Å². The van der Waals surface area contributed by atoms with Crippen molar-refractivity contribution in [2.45, 2.75) is 39.2 Å². The van der Waals surface area contributed by atoms with Crippen molar-refractivity contribution in [3.63, 3.8) is 0 Å². The summed E-state index contributed by atoms with van der Waals surface area (Å²) in [5.41, 5.74) is 0. The summed E-state index contributed by atoms with van der Waals surface area (Å²) in [7, 11) is 0.